The van der Waals surface area contributed by atoms with Crippen LogP contribution >= 0.6 is 0 Å². The standard InChI is InChI=1S/C9H6F5NO3/c1-3-5(6(10)11)4(8(16)17)2-15-7(3)18-9(12,13)14/h2,6H,1H3,(H,16,17). The van der Waals surface area contributed by atoms with Gasteiger partial charge in [0.25, 0.3) is 6.43 Å². The first-order valence-corrected chi connectivity index (χ1v) is 4.40. The van der Waals surface area contributed by atoms with Crippen molar-refractivity contribution in [3.63, 3.8) is 0 Å². The smallest absolute Gasteiger partial charge is 0.478 e. The van der Waals surface area contributed by atoms with E-state index in [2.05, 4.69) is 9.72 Å². The highest BCUT2D eigenvalue weighted by Gasteiger charge is 2.34. The van der Waals surface area contributed by atoms with Gasteiger partial charge in [0, 0.05) is 17.3 Å². The largest absolute Gasteiger partial charge is 0.574 e. The van der Waals surface area contributed by atoms with Crippen molar-refractivity contribution < 1.29 is 36.6 Å². The Balaban J connectivity index is 3.35. The van der Waals surface area contributed by atoms with Gasteiger partial charge in [-0.05, 0) is 6.92 Å². The second kappa shape index (κ2) is 4.75. The summed E-state index contributed by atoms with van der Waals surface area (Å²) in [5, 5.41) is 8.63. The Kier molecular flexibility index (Phi) is 3.73. The number of carbonyl (C=O) groups is 1. The van der Waals surface area contributed by atoms with Crippen LogP contribution in [0.4, 0.5) is 22.0 Å². The molecule has 9 heteroatoms. The number of hydrogen-bond acceptors (Lipinski definition) is 3. The normalized spacial score (nSPS) is 11.7. The first-order valence-electron chi connectivity index (χ1n) is 4.40. The lowest BCUT2D eigenvalue weighted by Crippen LogP contribution is -2.20. The average Bonchev–Trinajstić information content (AvgIpc) is 2.17. The molecule has 1 aromatic rings. The van der Waals surface area contributed by atoms with E-state index in [0.29, 0.717) is 6.20 Å². The fraction of sp³-hybridized carbons (Fsp3) is 0.333. The van der Waals surface area contributed by atoms with Gasteiger partial charge in [0.15, 0.2) is 0 Å². The number of aromatic carboxylic acids is 1. The molecular weight excluding hydrogens is 265 g/mol. The third kappa shape index (κ3) is 3.05. The van der Waals surface area contributed by atoms with Crippen molar-refractivity contribution in [2.75, 3.05) is 0 Å². The second-order valence-electron chi connectivity index (χ2n) is 3.17. The van der Waals surface area contributed by atoms with E-state index in [1.165, 1.54) is 0 Å². The molecule has 1 rings (SSSR count). The van der Waals surface area contributed by atoms with Gasteiger partial charge < -0.3 is 9.84 Å². The molecule has 100 valence electrons. The Bertz CT molecular complexity index is 472. The number of ether oxygens (including phenoxy) is 1. The predicted octanol–water partition coefficient (Wildman–Crippen LogP) is 2.92. The summed E-state index contributed by atoms with van der Waals surface area (Å²) in [5.74, 6) is -2.80. The first kappa shape index (κ1) is 14.1. The van der Waals surface area contributed by atoms with Crippen LogP contribution in [-0.2, 0) is 0 Å². The monoisotopic (exact) mass is 271 g/mol. The Morgan fingerprint density at radius 1 is 1.44 bits per heavy atom. The van der Waals surface area contributed by atoms with Crippen LogP contribution in [0.1, 0.15) is 27.9 Å². The molecule has 0 spiro atoms. The number of rotatable bonds is 3. The van der Waals surface area contributed by atoms with Crippen LogP contribution in [0.2, 0.25) is 0 Å². The molecule has 0 fully saturated rings. The van der Waals surface area contributed by atoms with Gasteiger partial charge in [-0.3, -0.25) is 0 Å². The summed E-state index contributed by atoms with van der Waals surface area (Å²) in [4.78, 5) is 13.7. The van der Waals surface area contributed by atoms with Crippen molar-refractivity contribution in [2.24, 2.45) is 0 Å². The Morgan fingerprint density at radius 3 is 2.39 bits per heavy atom. The molecule has 0 bridgehead atoms. The van der Waals surface area contributed by atoms with E-state index in [4.69, 9.17) is 5.11 Å². The van der Waals surface area contributed by atoms with Gasteiger partial charge in [0.2, 0.25) is 5.88 Å². The number of carboxylic acids is 1. The molecular formula is C9H6F5NO3. The first-order chi connectivity index (χ1) is 8.13. The van der Waals surface area contributed by atoms with Gasteiger partial charge in [-0.2, -0.15) is 0 Å². The maximum atomic E-state index is 12.6. The van der Waals surface area contributed by atoms with E-state index in [9.17, 15) is 26.7 Å². The fourth-order valence-corrected chi connectivity index (χ4v) is 1.27. The number of aromatic nitrogens is 1. The third-order valence-electron chi connectivity index (χ3n) is 1.99. The number of alkyl halides is 5. The fourth-order valence-electron chi connectivity index (χ4n) is 1.27. The van der Waals surface area contributed by atoms with Gasteiger partial charge >= 0.3 is 12.3 Å². The molecule has 0 aliphatic rings. The minimum atomic E-state index is -5.10. The Labute approximate surface area is 97.0 Å². The minimum absolute atomic E-state index is 0.401. The number of nitrogens with zero attached hydrogens (tertiary/aromatic N) is 1. The molecule has 0 atom stereocenters. The summed E-state index contributed by atoms with van der Waals surface area (Å²) in [6, 6.07) is 0. The molecule has 0 aromatic carbocycles. The van der Waals surface area contributed by atoms with E-state index in [-0.39, 0.29) is 0 Å². The molecule has 0 saturated carbocycles. The lowest BCUT2D eigenvalue weighted by atomic mass is 10.1. The van der Waals surface area contributed by atoms with Crippen LogP contribution in [0.15, 0.2) is 6.20 Å². The lowest BCUT2D eigenvalue weighted by Gasteiger charge is -2.14. The summed E-state index contributed by atoms with van der Waals surface area (Å²) in [5.41, 5.74) is -2.57. The zero-order chi connectivity index (χ0) is 14.1. The molecule has 0 aliphatic carbocycles. The highest BCUT2D eigenvalue weighted by Crippen LogP contribution is 2.33. The molecule has 4 nitrogen and oxygen atoms in total. The van der Waals surface area contributed by atoms with Gasteiger partial charge in [-0.1, -0.05) is 0 Å². The Hall–Kier alpha value is -1.93. The molecule has 18 heavy (non-hydrogen) atoms. The summed E-state index contributed by atoms with van der Waals surface area (Å²) in [6.45, 7) is 0.877. The zero-order valence-electron chi connectivity index (χ0n) is 8.76. The van der Waals surface area contributed by atoms with Gasteiger partial charge in [-0.15, -0.1) is 13.2 Å². The van der Waals surface area contributed by atoms with Gasteiger partial charge in [0.1, 0.15) is 0 Å². The van der Waals surface area contributed by atoms with Crippen LogP contribution in [0.3, 0.4) is 0 Å². The van der Waals surface area contributed by atoms with E-state index in [1.807, 2.05) is 0 Å². The van der Waals surface area contributed by atoms with Crippen LogP contribution in [-0.4, -0.2) is 22.4 Å². The van der Waals surface area contributed by atoms with Crippen molar-refractivity contribution >= 4 is 5.97 Å². The highest BCUT2D eigenvalue weighted by atomic mass is 19.4. The minimum Gasteiger partial charge on any atom is -0.478 e. The summed E-state index contributed by atoms with van der Waals surface area (Å²) >= 11 is 0. The van der Waals surface area contributed by atoms with Crippen LogP contribution < -0.4 is 4.74 Å². The van der Waals surface area contributed by atoms with Crippen molar-refractivity contribution in [3.8, 4) is 5.88 Å². The third-order valence-corrected chi connectivity index (χ3v) is 1.99. The molecule has 1 heterocycles. The SMILES string of the molecule is Cc1c(OC(F)(F)F)ncc(C(=O)O)c1C(F)F. The Morgan fingerprint density at radius 2 is 2.00 bits per heavy atom. The predicted molar refractivity (Wildman–Crippen MR) is 47.6 cm³/mol. The maximum absolute atomic E-state index is 12.6. The van der Waals surface area contributed by atoms with Crippen molar-refractivity contribution in [1.82, 2.24) is 4.98 Å². The summed E-state index contributed by atoms with van der Waals surface area (Å²) in [6.07, 6.45) is -7.95. The summed E-state index contributed by atoms with van der Waals surface area (Å²) in [7, 11) is 0. The van der Waals surface area contributed by atoms with Crippen molar-refractivity contribution in [3.05, 3.63) is 22.9 Å². The average molecular weight is 271 g/mol. The number of halogens is 5. The maximum Gasteiger partial charge on any atom is 0.574 e. The van der Waals surface area contributed by atoms with E-state index >= 15 is 0 Å². The summed E-state index contributed by atoms with van der Waals surface area (Å²) < 4.78 is 64.5. The quantitative estimate of drug-likeness (QED) is 0.859. The van der Waals surface area contributed by atoms with Crippen molar-refractivity contribution in [2.45, 2.75) is 19.7 Å². The zero-order valence-corrected chi connectivity index (χ0v) is 8.76. The van der Waals surface area contributed by atoms with Crippen molar-refractivity contribution in [1.29, 1.82) is 0 Å². The highest BCUT2D eigenvalue weighted by molar-refractivity contribution is 5.89. The van der Waals surface area contributed by atoms with Gasteiger partial charge in [-0.25, -0.2) is 18.6 Å². The van der Waals surface area contributed by atoms with Crippen LogP contribution in [0.25, 0.3) is 0 Å². The second-order valence-corrected chi connectivity index (χ2v) is 3.17. The molecule has 0 saturated heterocycles. The lowest BCUT2D eigenvalue weighted by molar-refractivity contribution is -0.276. The topological polar surface area (TPSA) is 59.4 Å². The van der Waals surface area contributed by atoms with Gasteiger partial charge in [0.05, 0.1) is 5.56 Å². The molecule has 0 amide bonds. The molecule has 1 aromatic heterocycles. The molecule has 0 radical (unpaired) electrons. The molecule has 0 aliphatic heterocycles. The number of carboxylic acid groups (broad SMARTS) is 1. The van der Waals surface area contributed by atoms with E-state index in [1.54, 1.807) is 0 Å². The number of hydrogen-bond donors (Lipinski definition) is 1. The molecule has 0 unspecified atom stereocenters. The number of pyridine rings is 1. The van der Waals surface area contributed by atoms with E-state index in [0.717, 1.165) is 6.92 Å². The van der Waals surface area contributed by atoms with Crippen LogP contribution in [0.5, 0.6) is 5.88 Å². The van der Waals surface area contributed by atoms with E-state index < -0.39 is 41.3 Å². The van der Waals surface area contributed by atoms with Crippen LogP contribution in [0, 0.1) is 6.92 Å². The molecule has 1 N–H and O–H groups in total.